The Kier molecular flexibility index (Phi) is 4.04. The molecule has 1 aromatic heterocycles. The fourth-order valence-corrected chi connectivity index (χ4v) is 2.54. The number of H-pyrrole nitrogens is 1. The van der Waals surface area contributed by atoms with E-state index in [0.29, 0.717) is 19.3 Å². The normalized spacial score (nSPS) is 19.6. The summed E-state index contributed by atoms with van der Waals surface area (Å²) in [6.07, 6.45) is 1.78. The van der Waals surface area contributed by atoms with Gasteiger partial charge in [-0.25, -0.2) is 0 Å². The molecule has 0 aromatic carbocycles. The smallest absolute Gasteiger partial charge is 0.0998 e. The lowest BCUT2D eigenvalue weighted by molar-refractivity contribution is 0.0316. The van der Waals surface area contributed by atoms with Crippen LogP contribution >= 0.6 is 0 Å². The second kappa shape index (κ2) is 5.55. The van der Waals surface area contributed by atoms with Crippen LogP contribution in [-0.4, -0.2) is 29.8 Å². The SMILES string of the molecule is C=CCOCN1Cc2[nH]c(C)cc2[C@H](C(=C)C)C1. The number of nitrogens with one attached hydrogen (secondary N) is 1. The maximum absolute atomic E-state index is 5.54. The van der Waals surface area contributed by atoms with Crippen molar-refractivity contribution in [1.29, 1.82) is 0 Å². The van der Waals surface area contributed by atoms with Crippen LogP contribution in [0.15, 0.2) is 30.9 Å². The molecule has 0 spiro atoms. The van der Waals surface area contributed by atoms with Crippen molar-refractivity contribution < 1.29 is 4.74 Å². The van der Waals surface area contributed by atoms with Crippen LogP contribution in [-0.2, 0) is 11.3 Å². The summed E-state index contributed by atoms with van der Waals surface area (Å²) < 4.78 is 5.54. The molecule has 0 radical (unpaired) electrons. The quantitative estimate of drug-likeness (QED) is 0.639. The summed E-state index contributed by atoms with van der Waals surface area (Å²) in [7, 11) is 0. The van der Waals surface area contributed by atoms with Gasteiger partial charge in [0.05, 0.1) is 13.3 Å². The zero-order chi connectivity index (χ0) is 13.1. The number of ether oxygens (including phenoxy) is 1. The van der Waals surface area contributed by atoms with Gasteiger partial charge >= 0.3 is 0 Å². The summed E-state index contributed by atoms with van der Waals surface area (Å²) in [4.78, 5) is 5.75. The van der Waals surface area contributed by atoms with Gasteiger partial charge in [-0.15, -0.1) is 6.58 Å². The van der Waals surface area contributed by atoms with Crippen LogP contribution in [0.5, 0.6) is 0 Å². The first-order chi connectivity index (χ1) is 8.61. The molecule has 1 aliphatic rings. The Labute approximate surface area is 109 Å². The molecule has 3 heteroatoms. The molecular formula is C15H22N2O. The van der Waals surface area contributed by atoms with Gasteiger partial charge < -0.3 is 9.72 Å². The van der Waals surface area contributed by atoms with Crippen molar-refractivity contribution >= 4 is 0 Å². The second-order valence-corrected chi connectivity index (χ2v) is 5.09. The minimum Gasteiger partial charge on any atom is -0.362 e. The number of rotatable bonds is 5. The van der Waals surface area contributed by atoms with Gasteiger partial charge in [-0.1, -0.05) is 18.2 Å². The van der Waals surface area contributed by atoms with Crippen LogP contribution in [0.3, 0.4) is 0 Å². The predicted octanol–water partition coefficient (Wildman–Crippen LogP) is 2.96. The highest BCUT2D eigenvalue weighted by Crippen LogP contribution is 2.32. The van der Waals surface area contributed by atoms with E-state index in [-0.39, 0.29) is 0 Å². The number of aromatic amines is 1. The first-order valence-corrected chi connectivity index (χ1v) is 6.36. The average Bonchev–Trinajstić information content (AvgIpc) is 2.68. The van der Waals surface area contributed by atoms with Crippen LogP contribution in [0, 0.1) is 6.92 Å². The first kappa shape index (κ1) is 13.1. The van der Waals surface area contributed by atoms with Gasteiger partial charge in [-0.05, 0) is 25.5 Å². The van der Waals surface area contributed by atoms with Gasteiger partial charge in [0, 0.05) is 30.4 Å². The van der Waals surface area contributed by atoms with Crippen LogP contribution in [0.2, 0.25) is 0 Å². The Morgan fingerprint density at radius 1 is 1.67 bits per heavy atom. The fourth-order valence-electron chi connectivity index (χ4n) is 2.54. The highest BCUT2D eigenvalue weighted by atomic mass is 16.5. The molecule has 98 valence electrons. The Morgan fingerprint density at radius 3 is 3.11 bits per heavy atom. The number of hydrogen-bond donors (Lipinski definition) is 1. The summed E-state index contributed by atoms with van der Waals surface area (Å²) in [5.74, 6) is 0.408. The minimum absolute atomic E-state index is 0.408. The van der Waals surface area contributed by atoms with Crippen molar-refractivity contribution in [3.63, 3.8) is 0 Å². The largest absolute Gasteiger partial charge is 0.362 e. The van der Waals surface area contributed by atoms with Gasteiger partial charge in [-0.3, -0.25) is 4.90 Å². The first-order valence-electron chi connectivity index (χ1n) is 6.36. The van der Waals surface area contributed by atoms with E-state index in [4.69, 9.17) is 4.74 Å². The molecule has 0 saturated carbocycles. The van der Waals surface area contributed by atoms with Gasteiger partial charge in [0.2, 0.25) is 0 Å². The molecule has 1 atom stereocenters. The number of aryl methyl sites for hydroxylation is 1. The van der Waals surface area contributed by atoms with Crippen molar-refractivity contribution in [3.8, 4) is 0 Å². The van der Waals surface area contributed by atoms with Crippen molar-refractivity contribution in [2.24, 2.45) is 0 Å². The van der Waals surface area contributed by atoms with Crippen molar-refractivity contribution in [2.75, 3.05) is 19.9 Å². The monoisotopic (exact) mass is 246 g/mol. The minimum atomic E-state index is 0.408. The van der Waals surface area contributed by atoms with E-state index in [2.05, 4.69) is 43.0 Å². The molecule has 0 unspecified atom stereocenters. The Bertz CT molecular complexity index is 447. The van der Waals surface area contributed by atoms with E-state index in [1.54, 1.807) is 6.08 Å². The summed E-state index contributed by atoms with van der Waals surface area (Å²) in [5, 5.41) is 0. The molecule has 2 rings (SSSR count). The predicted molar refractivity (Wildman–Crippen MR) is 74.5 cm³/mol. The van der Waals surface area contributed by atoms with Crippen molar-refractivity contribution in [3.05, 3.63) is 47.8 Å². The summed E-state index contributed by atoms with van der Waals surface area (Å²) in [5.41, 5.74) is 5.14. The van der Waals surface area contributed by atoms with Crippen LogP contribution in [0.1, 0.15) is 29.8 Å². The topological polar surface area (TPSA) is 28.3 Å². The van der Waals surface area contributed by atoms with Gasteiger partial charge in [0.15, 0.2) is 0 Å². The van der Waals surface area contributed by atoms with Gasteiger partial charge in [0.25, 0.3) is 0 Å². The summed E-state index contributed by atoms with van der Waals surface area (Å²) >= 11 is 0. The molecule has 3 nitrogen and oxygen atoms in total. The molecule has 18 heavy (non-hydrogen) atoms. The van der Waals surface area contributed by atoms with E-state index in [0.717, 1.165) is 13.1 Å². The number of nitrogens with zero attached hydrogens (tertiary/aromatic N) is 1. The number of aromatic nitrogens is 1. The maximum Gasteiger partial charge on any atom is 0.0998 e. The van der Waals surface area contributed by atoms with E-state index in [1.165, 1.54) is 22.5 Å². The third-order valence-corrected chi connectivity index (χ3v) is 3.37. The molecule has 0 bridgehead atoms. The Balaban J connectivity index is 2.12. The molecule has 0 saturated heterocycles. The van der Waals surface area contributed by atoms with E-state index in [1.807, 2.05) is 0 Å². The average molecular weight is 246 g/mol. The summed E-state index contributed by atoms with van der Waals surface area (Å²) in [6.45, 7) is 15.1. The third-order valence-electron chi connectivity index (χ3n) is 3.37. The number of fused-ring (bicyclic) bond motifs is 1. The van der Waals surface area contributed by atoms with E-state index in [9.17, 15) is 0 Å². The molecule has 2 heterocycles. The van der Waals surface area contributed by atoms with Crippen LogP contribution in [0.25, 0.3) is 0 Å². The zero-order valence-electron chi connectivity index (χ0n) is 11.3. The van der Waals surface area contributed by atoms with Crippen molar-refractivity contribution in [1.82, 2.24) is 9.88 Å². The van der Waals surface area contributed by atoms with Crippen molar-refractivity contribution in [2.45, 2.75) is 26.3 Å². The fraction of sp³-hybridized carbons (Fsp3) is 0.467. The van der Waals surface area contributed by atoms with Crippen LogP contribution in [0.4, 0.5) is 0 Å². The molecule has 0 amide bonds. The molecule has 1 aromatic rings. The van der Waals surface area contributed by atoms with E-state index >= 15 is 0 Å². The molecule has 0 fully saturated rings. The molecule has 0 aliphatic carbocycles. The lowest BCUT2D eigenvalue weighted by atomic mass is 9.89. The van der Waals surface area contributed by atoms with Crippen LogP contribution < -0.4 is 0 Å². The Morgan fingerprint density at radius 2 is 2.44 bits per heavy atom. The lowest BCUT2D eigenvalue weighted by Crippen LogP contribution is -2.35. The lowest BCUT2D eigenvalue weighted by Gasteiger charge is -2.32. The van der Waals surface area contributed by atoms with E-state index < -0.39 is 0 Å². The molecule has 1 N–H and O–H groups in total. The highest BCUT2D eigenvalue weighted by molar-refractivity contribution is 5.36. The third kappa shape index (κ3) is 2.74. The molecule has 1 aliphatic heterocycles. The summed E-state index contributed by atoms with van der Waals surface area (Å²) in [6, 6.07) is 2.25. The standard InChI is InChI=1S/C15H22N2O/c1-5-6-18-10-17-8-14(11(2)3)13-7-12(4)16-15(13)9-17/h5,7,14,16H,1-2,6,8-10H2,3-4H3/t14-/m0/s1. The highest BCUT2D eigenvalue weighted by Gasteiger charge is 2.27. The van der Waals surface area contributed by atoms with Gasteiger partial charge in [-0.2, -0.15) is 0 Å². The Hall–Kier alpha value is -1.32. The zero-order valence-corrected chi connectivity index (χ0v) is 11.3. The second-order valence-electron chi connectivity index (χ2n) is 5.09. The van der Waals surface area contributed by atoms with Gasteiger partial charge in [0.1, 0.15) is 0 Å². The number of hydrogen-bond acceptors (Lipinski definition) is 2. The maximum atomic E-state index is 5.54. The molecular weight excluding hydrogens is 224 g/mol.